The maximum atomic E-state index is 11.9. The lowest BCUT2D eigenvalue weighted by molar-refractivity contribution is 0.0523. The zero-order chi connectivity index (χ0) is 18.4. The molecule has 2 aromatic rings. The van der Waals surface area contributed by atoms with Crippen LogP contribution in [0.25, 0.3) is 0 Å². The van der Waals surface area contributed by atoms with Crippen molar-refractivity contribution in [1.29, 1.82) is 0 Å². The van der Waals surface area contributed by atoms with Crippen LogP contribution in [0, 0.1) is 0 Å². The fourth-order valence-corrected chi connectivity index (χ4v) is 2.49. The predicted molar refractivity (Wildman–Crippen MR) is 103 cm³/mol. The van der Waals surface area contributed by atoms with Gasteiger partial charge in [0.15, 0.2) is 0 Å². The number of alkyl carbamates (subject to hydrolysis) is 1. The number of anilines is 1. The van der Waals surface area contributed by atoms with Crippen molar-refractivity contribution in [2.24, 2.45) is 0 Å². The SMILES string of the molecule is CC(Nc1ccccc1CNC(=O)OC(C)(C)C)c1ccc(Cl)cc1. The Morgan fingerprint density at radius 1 is 1.12 bits per heavy atom. The minimum Gasteiger partial charge on any atom is -0.444 e. The first kappa shape index (κ1) is 19.1. The number of rotatable bonds is 5. The summed E-state index contributed by atoms with van der Waals surface area (Å²) in [6, 6.07) is 15.8. The van der Waals surface area contributed by atoms with Gasteiger partial charge in [-0.3, -0.25) is 0 Å². The Bertz CT molecular complexity index is 708. The van der Waals surface area contributed by atoms with Crippen molar-refractivity contribution in [3.05, 3.63) is 64.7 Å². The molecule has 0 saturated carbocycles. The number of nitrogens with one attached hydrogen (secondary N) is 2. The second kappa shape index (κ2) is 8.26. The normalized spacial score (nSPS) is 12.4. The maximum absolute atomic E-state index is 11.9. The van der Waals surface area contributed by atoms with Gasteiger partial charge < -0.3 is 15.4 Å². The molecule has 2 aromatic carbocycles. The molecule has 5 heteroatoms. The summed E-state index contributed by atoms with van der Waals surface area (Å²) < 4.78 is 5.28. The number of hydrogen-bond acceptors (Lipinski definition) is 3. The van der Waals surface area contributed by atoms with E-state index in [0.29, 0.717) is 6.54 Å². The summed E-state index contributed by atoms with van der Waals surface area (Å²) in [5.41, 5.74) is 2.60. The standard InChI is InChI=1S/C20H25ClN2O2/c1-14(15-9-11-17(21)12-10-15)23-18-8-6-5-7-16(18)13-22-19(24)25-20(2,3)4/h5-12,14,23H,13H2,1-4H3,(H,22,24). The molecule has 1 unspecified atom stereocenters. The quantitative estimate of drug-likeness (QED) is 0.736. The number of hydrogen-bond donors (Lipinski definition) is 2. The molecule has 0 bridgehead atoms. The second-order valence-electron chi connectivity index (χ2n) is 6.93. The highest BCUT2D eigenvalue weighted by Gasteiger charge is 2.16. The largest absolute Gasteiger partial charge is 0.444 e. The van der Waals surface area contributed by atoms with Crippen molar-refractivity contribution < 1.29 is 9.53 Å². The highest BCUT2D eigenvalue weighted by molar-refractivity contribution is 6.30. The van der Waals surface area contributed by atoms with Crippen LogP contribution in [-0.2, 0) is 11.3 Å². The van der Waals surface area contributed by atoms with Crippen LogP contribution >= 0.6 is 11.6 Å². The third-order valence-electron chi connectivity index (χ3n) is 3.58. The van der Waals surface area contributed by atoms with E-state index in [1.165, 1.54) is 0 Å². The Hall–Kier alpha value is -2.20. The van der Waals surface area contributed by atoms with Crippen LogP contribution in [0.15, 0.2) is 48.5 Å². The van der Waals surface area contributed by atoms with Crippen molar-refractivity contribution in [3.63, 3.8) is 0 Å². The summed E-state index contributed by atoms with van der Waals surface area (Å²) in [7, 11) is 0. The third kappa shape index (κ3) is 6.31. The Labute approximate surface area is 154 Å². The Balaban J connectivity index is 2.02. The zero-order valence-electron chi connectivity index (χ0n) is 15.1. The molecular formula is C20H25ClN2O2. The summed E-state index contributed by atoms with van der Waals surface area (Å²) in [5.74, 6) is 0. The molecule has 0 aliphatic rings. The molecular weight excluding hydrogens is 336 g/mol. The lowest BCUT2D eigenvalue weighted by Gasteiger charge is -2.21. The average Bonchev–Trinajstić information content (AvgIpc) is 2.53. The van der Waals surface area contributed by atoms with E-state index < -0.39 is 11.7 Å². The summed E-state index contributed by atoms with van der Waals surface area (Å²) in [6.07, 6.45) is -0.423. The highest BCUT2D eigenvalue weighted by atomic mass is 35.5. The van der Waals surface area contributed by atoms with Crippen molar-refractivity contribution >= 4 is 23.4 Å². The Morgan fingerprint density at radius 2 is 1.76 bits per heavy atom. The van der Waals surface area contributed by atoms with Gasteiger partial charge in [0.05, 0.1) is 0 Å². The summed E-state index contributed by atoms with van der Waals surface area (Å²) in [6.45, 7) is 8.01. The molecule has 0 heterocycles. The molecule has 0 saturated heterocycles. The molecule has 2 N–H and O–H groups in total. The van der Waals surface area contributed by atoms with Crippen molar-refractivity contribution in [2.45, 2.75) is 45.9 Å². The molecule has 0 radical (unpaired) electrons. The number of carbonyl (C=O) groups is 1. The van der Waals surface area contributed by atoms with Gasteiger partial charge in [-0.05, 0) is 57.0 Å². The first-order chi connectivity index (χ1) is 11.7. The van der Waals surface area contributed by atoms with E-state index in [0.717, 1.165) is 21.8 Å². The van der Waals surface area contributed by atoms with E-state index in [4.69, 9.17) is 16.3 Å². The molecule has 0 fully saturated rings. The van der Waals surface area contributed by atoms with Crippen LogP contribution in [-0.4, -0.2) is 11.7 Å². The Morgan fingerprint density at radius 3 is 2.40 bits per heavy atom. The van der Waals surface area contributed by atoms with Gasteiger partial charge in [0.25, 0.3) is 0 Å². The van der Waals surface area contributed by atoms with E-state index >= 15 is 0 Å². The third-order valence-corrected chi connectivity index (χ3v) is 3.83. The molecule has 134 valence electrons. The van der Waals surface area contributed by atoms with Crippen LogP contribution < -0.4 is 10.6 Å². The van der Waals surface area contributed by atoms with Crippen LogP contribution in [0.1, 0.15) is 44.9 Å². The lowest BCUT2D eigenvalue weighted by Crippen LogP contribution is -2.32. The maximum Gasteiger partial charge on any atom is 0.407 e. The molecule has 0 aliphatic heterocycles. The number of para-hydroxylation sites is 1. The molecule has 4 nitrogen and oxygen atoms in total. The van der Waals surface area contributed by atoms with Crippen molar-refractivity contribution in [3.8, 4) is 0 Å². The van der Waals surface area contributed by atoms with E-state index in [1.807, 2.05) is 69.3 Å². The van der Waals surface area contributed by atoms with Gasteiger partial charge in [0, 0.05) is 23.3 Å². The molecule has 1 atom stereocenters. The van der Waals surface area contributed by atoms with Gasteiger partial charge in [-0.25, -0.2) is 4.79 Å². The van der Waals surface area contributed by atoms with Gasteiger partial charge in [-0.15, -0.1) is 0 Å². The smallest absolute Gasteiger partial charge is 0.407 e. The van der Waals surface area contributed by atoms with Gasteiger partial charge in [-0.2, -0.15) is 0 Å². The topological polar surface area (TPSA) is 50.4 Å². The fraction of sp³-hybridized carbons (Fsp3) is 0.350. The highest BCUT2D eigenvalue weighted by Crippen LogP contribution is 2.23. The number of benzene rings is 2. The fourth-order valence-electron chi connectivity index (χ4n) is 2.36. The number of halogens is 1. The molecule has 1 amide bonds. The van der Waals surface area contributed by atoms with E-state index in [1.54, 1.807) is 0 Å². The number of ether oxygens (including phenoxy) is 1. The molecule has 0 spiro atoms. The molecule has 25 heavy (non-hydrogen) atoms. The van der Waals surface area contributed by atoms with Gasteiger partial charge in [0.1, 0.15) is 5.60 Å². The van der Waals surface area contributed by atoms with Crippen LogP contribution in [0.2, 0.25) is 5.02 Å². The second-order valence-corrected chi connectivity index (χ2v) is 7.37. The predicted octanol–water partition coefficient (Wildman–Crippen LogP) is 5.54. The lowest BCUT2D eigenvalue weighted by atomic mass is 10.1. The first-order valence-electron chi connectivity index (χ1n) is 8.31. The van der Waals surface area contributed by atoms with Crippen LogP contribution in [0.4, 0.5) is 10.5 Å². The number of amides is 1. The summed E-state index contributed by atoms with van der Waals surface area (Å²) in [5, 5.41) is 7.00. The van der Waals surface area contributed by atoms with Crippen LogP contribution in [0.5, 0.6) is 0 Å². The van der Waals surface area contributed by atoms with E-state index in [-0.39, 0.29) is 6.04 Å². The van der Waals surface area contributed by atoms with E-state index in [2.05, 4.69) is 17.6 Å². The molecule has 0 aromatic heterocycles. The molecule has 2 rings (SSSR count). The molecule has 0 aliphatic carbocycles. The van der Waals surface area contributed by atoms with Gasteiger partial charge >= 0.3 is 6.09 Å². The van der Waals surface area contributed by atoms with Gasteiger partial charge in [0.2, 0.25) is 0 Å². The van der Waals surface area contributed by atoms with Crippen molar-refractivity contribution in [1.82, 2.24) is 5.32 Å². The first-order valence-corrected chi connectivity index (χ1v) is 8.69. The van der Waals surface area contributed by atoms with Crippen molar-refractivity contribution in [2.75, 3.05) is 5.32 Å². The summed E-state index contributed by atoms with van der Waals surface area (Å²) in [4.78, 5) is 11.9. The minimum atomic E-state index is -0.509. The average molecular weight is 361 g/mol. The van der Waals surface area contributed by atoms with Gasteiger partial charge in [-0.1, -0.05) is 41.9 Å². The zero-order valence-corrected chi connectivity index (χ0v) is 15.9. The number of carbonyl (C=O) groups excluding carboxylic acids is 1. The van der Waals surface area contributed by atoms with E-state index in [9.17, 15) is 4.79 Å². The summed E-state index contributed by atoms with van der Waals surface area (Å²) >= 11 is 5.95. The monoisotopic (exact) mass is 360 g/mol. The van der Waals surface area contributed by atoms with Crippen LogP contribution in [0.3, 0.4) is 0 Å². The Kier molecular flexibility index (Phi) is 6.32. The minimum absolute atomic E-state index is 0.111.